The van der Waals surface area contributed by atoms with E-state index in [1.807, 2.05) is 6.20 Å². The molecule has 1 fully saturated rings. The highest BCUT2D eigenvalue weighted by Gasteiger charge is 2.39. The summed E-state index contributed by atoms with van der Waals surface area (Å²) in [5.41, 5.74) is 1.08. The zero-order valence-electron chi connectivity index (χ0n) is 13.3. The van der Waals surface area contributed by atoms with Gasteiger partial charge in [0.15, 0.2) is 0 Å². The Hall–Kier alpha value is -1.95. The van der Waals surface area contributed by atoms with Gasteiger partial charge in [0.25, 0.3) is 0 Å². The lowest BCUT2D eigenvalue weighted by molar-refractivity contribution is 0.206. The van der Waals surface area contributed by atoms with E-state index in [-0.39, 0.29) is 17.9 Å². The fraction of sp³-hybridized carbons (Fsp3) is 0.412. The number of amides is 2. The predicted molar refractivity (Wildman–Crippen MR) is 89.0 cm³/mol. The number of urea groups is 1. The summed E-state index contributed by atoms with van der Waals surface area (Å²) in [5, 5.41) is 4.13. The van der Waals surface area contributed by atoms with Crippen LogP contribution >= 0.6 is 11.3 Å². The molecule has 122 valence electrons. The van der Waals surface area contributed by atoms with Crippen molar-refractivity contribution in [2.24, 2.45) is 0 Å². The number of benzene rings is 1. The van der Waals surface area contributed by atoms with Crippen LogP contribution in [0.1, 0.15) is 34.7 Å². The van der Waals surface area contributed by atoms with Gasteiger partial charge in [-0.05, 0) is 30.5 Å². The summed E-state index contributed by atoms with van der Waals surface area (Å²) < 4.78 is 12.9. The average Bonchev–Trinajstić information content (AvgIpc) is 3.15. The second-order valence-electron chi connectivity index (χ2n) is 5.88. The second-order valence-corrected chi connectivity index (χ2v) is 7.08. The minimum atomic E-state index is -0.231. The van der Waals surface area contributed by atoms with E-state index >= 15 is 0 Å². The second kappa shape index (κ2) is 6.66. The molecule has 1 heterocycles. The molecule has 4 nitrogen and oxygen atoms in total. The maximum atomic E-state index is 12.9. The number of thiazole rings is 1. The van der Waals surface area contributed by atoms with Crippen molar-refractivity contribution in [2.75, 3.05) is 7.05 Å². The summed E-state index contributed by atoms with van der Waals surface area (Å²) in [6, 6.07) is 6.58. The molecular formula is C17H20FN3OS. The molecule has 0 radical (unpaired) electrons. The number of hydrogen-bond donors (Lipinski definition) is 1. The van der Waals surface area contributed by atoms with E-state index in [2.05, 4.69) is 17.2 Å². The number of aryl methyl sites for hydroxylation is 1. The summed E-state index contributed by atoms with van der Waals surface area (Å²) in [4.78, 5) is 19.3. The normalized spacial score (nSPS) is 19.4. The first-order valence-corrected chi connectivity index (χ1v) is 8.59. The van der Waals surface area contributed by atoms with Gasteiger partial charge in [0, 0.05) is 30.1 Å². The Morgan fingerprint density at radius 3 is 2.83 bits per heavy atom. The van der Waals surface area contributed by atoms with Crippen LogP contribution in [0.2, 0.25) is 0 Å². The molecule has 23 heavy (non-hydrogen) atoms. The lowest BCUT2D eigenvalue weighted by Crippen LogP contribution is -2.38. The lowest BCUT2D eigenvalue weighted by Gasteiger charge is -2.17. The molecule has 2 aromatic rings. The van der Waals surface area contributed by atoms with Gasteiger partial charge in [0.1, 0.15) is 5.82 Å². The molecule has 1 aliphatic rings. The van der Waals surface area contributed by atoms with E-state index in [1.54, 1.807) is 35.4 Å². The number of nitrogens with zero attached hydrogens (tertiary/aromatic N) is 2. The fourth-order valence-electron chi connectivity index (χ4n) is 2.59. The van der Waals surface area contributed by atoms with E-state index in [1.165, 1.54) is 12.1 Å². The van der Waals surface area contributed by atoms with Crippen molar-refractivity contribution in [2.45, 2.75) is 38.3 Å². The Balaban J connectivity index is 1.50. The number of halogens is 1. The third-order valence-corrected chi connectivity index (χ3v) is 5.17. The summed E-state index contributed by atoms with van der Waals surface area (Å²) >= 11 is 1.64. The van der Waals surface area contributed by atoms with Crippen LogP contribution in [0, 0.1) is 5.82 Å². The smallest absolute Gasteiger partial charge is 0.317 e. The van der Waals surface area contributed by atoms with Gasteiger partial charge in [-0.25, -0.2) is 14.2 Å². The Morgan fingerprint density at radius 1 is 1.43 bits per heavy atom. The maximum absolute atomic E-state index is 12.9. The first-order chi connectivity index (χ1) is 11.1. The van der Waals surface area contributed by atoms with Crippen molar-refractivity contribution in [1.29, 1.82) is 0 Å². The fourth-order valence-corrected chi connectivity index (χ4v) is 3.51. The highest BCUT2D eigenvalue weighted by molar-refractivity contribution is 7.11. The van der Waals surface area contributed by atoms with Gasteiger partial charge in [-0.15, -0.1) is 11.3 Å². The number of rotatable bonds is 5. The predicted octanol–water partition coefficient (Wildman–Crippen LogP) is 3.54. The Bertz CT molecular complexity index is 685. The topological polar surface area (TPSA) is 45.2 Å². The third-order valence-electron chi connectivity index (χ3n) is 4.04. The SMILES string of the molecule is CCc1ncc(CN(C)C(=O)NC2CC2c2ccc(F)cc2)s1. The number of aromatic nitrogens is 1. The standard InChI is InChI=1S/C17H20FN3OS/c1-3-16-19-9-13(23-16)10-21(2)17(22)20-15-8-14(15)11-4-6-12(18)7-5-11/h4-7,9,14-15H,3,8,10H2,1-2H3,(H,20,22). The molecular weight excluding hydrogens is 313 g/mol. The Kier molecular flexibility index (Phi) is 4.61. The highest BCUT2D eigenvalue weighted by Crippen LogP contribution is 2.40. The number of carbonyl (C=O) groups excluding carboxylic acids is 1. The summed E-state index contributed by atoms with van der Waals surface area (Å²) in [6.07, 6.45) is 3.67. The van der Waals surface area contributed by atoms with Crippen LogP contribution in [-0.4, -0.2) is 29.0 Å². The van der Waals surface area contributed by atoms with Gasteiger partial charge in [0.05, 0.1) is 11.6 Å². The molecule has 1 saturated carbocycles. The van der Waals surface area contributed by atoms with Crippen LogP contribution < -0.4 is 5.32 Å². The van der Waals surface area contributed by atoms with Crippen LogP contribution in [0.25, 0.3) is 0 Å². The van der Waals surface area contributed by atoms with Crippen LogP contribution in [0.3, 0.4) is 0 Å². The number of carbonyl (C=O) groups is 1. The molecule has 2 unspecified atom stereocenters. The van der Waals surface area contributed by atoms with Gasteiger partial charge in [0.2, 0.25) is 0 Å². The third kappa shape index (κ3) is 3.88. The molecule has 1 aliphatic carbocycles. The molecule has 0 aliphatic heterocycles. The largest absolute Gasteiger partial charge is 0.335 e. The Morgan fingerprint density at radius 2 is 2.17 bits per heavy atom. The van der Waals surface area contributed by atoms with Gasteiger partial charge in [-0.3, -0.25) is 0 Å². The van der Waals surface area contributed by atoms with Crippen LogP contribution in [0.4, 0.5) is 9.18 Å². The van der Waals surface area contributed by atoms with Gasteiger partial charge >= 0.3 is 6.03 Å². The zero-order chi connectivity index (χ0) is 16.4. The van der Waals surface area contributed by atoms with Crippen molar-refractivity contribution in [3.8, 4) is 0 Å². The van der Waals surface area contributed by atoms with Crippen molar-refractivity contribution in [3.63, 3.8) is 0 Å². The summed E-state index contributed by atoms with van der Waals surface area (Å²) in [5.74, 6) is 0.0637. The van der Waals surface area contributed by atoms with Crippen LogP contribution in [0.15, 0.2) is 30.5 Å². The first kappa shape index (κ1) is 15.9. The molecule has 6 heteroatoms. The van der Waals surface area contributed by atoms with E-state index in [0.29, 0.717) is 12.5 Å². The van der Waals surface area contributed by atoms with Crippen LogP contribution in [0.5, 0.6) is 0 Å². The summed E-state index contributed by atoms with van der Waals surface area (Å²) in [6.45, 7) is 2.64. The summed E-state index contributed by atoms with van der Waals surface area (Å²) in [7, 11) is 1.79. The minimum absolute atomic E-state index is 0.0777. The van der Waals surface area contributed by atoms with Crippen molar-refractivity contribution in [1.82, 2.24) is 15.2 Å². The molecule has 1 aromatic heterocycles. The molecule has 2 amide bonds. The molecule has 1 aromatic carbocycles. The molecule has 3 rings (SSSR count). The molecule has 0 saturated heterocycles. The van der Waals surface area contributed by atoms with E-state index < -0.39 is 0 Å². The molecule has 2 atom stereocenters. The zero-order valence-corrected chi connectivity index (χ0v) is 14.1. The quantitative estimate of drug-likeness (QED) is 0.909. The molecule has 1 N–H and O–H groups in total. The van der Waals surface area contributed by atoms with E-state index in [0.717, 1.165) is 28.3 Å². The number of hydrogen-bond acceptors (Lipinski definition) is 3. The van der Waals surface area contributed by atoms with Gasteiger partial charge < -0.3 is 10.2 Å². The van der Waals surface area contributed by atoms with Gasteiger partial charge in [-0.1, -0.05) is 19.1 Å². The maximum Gasteiger partial charge on any atom is 0.317 e. The van der Waals surface area contributed by atoms with Crippen LogP contribution in [-0.2, 0) is 13.0 Å². The van der Waals surface area contributed by atoms with Crippen molar-refractivity contribution < 1.29 is 9.18 Å². The highest BCUT2D eigenvalue weighted by atomic mass is 32.1. The monoisotopic (exact) mass is 333 g/mol. The first-order valence-electron chi connectivity index (χ1n) is 7.77. The Labute approximate surface area is 139 Å². The molecule has 0 bridgehead atoms. The van der Waals surface area contributed by atoms with E-state index in [9.17, 15) is 9.18 Å². The average molecular weight is 333 g/mol. The number of nitrogens with one attached hydrogen (secondary N) is 1. The minimum Gasteiger partial charge on any atom is -0.335 e. The van der Waals surface area contributed by atoms with E-state index in [4.69, 9.17) is 0 Å². The lowest BCUT2D eigenvalue weighted by atomic mass is 10.1. The molecule has 0 spiro atoms. The van der Waals surface area contributed by atoms with Gasteiger partial charge in [-0.2, -0.15) is 0 Å². The van der Waals surface area contributed by atoms with Crippen molar-refractivity contribution in [3.05, 3.63) is 51.7 Å². The van der Waals surface area contributed by atoms with Crippen molar-refractivity contribution >= 4 is 17.4 Å².